The highest BCUT2D eigenvalue weighted by atomic mass is 79.9. The average molecular weight is 374 g/mol. The van der Waals surface area contributed by atoms with Crippen molar-refractivity contribution in [1.29, 1.82) is 0 Å². The molecule has 0 aliphatic rings. The first-order chi connectivity index (χ1) is 11.2. The number of nitrogens with one attached hydrogen (secondary N) is 2. The highest BCUT2D eigenvalue weighted by molar-refractivity contribution is 9.10. The molecule has 23 heavy (non-hydrogen) atoms. The van der Waals surface area contributed by atoms with E-state index >= 15 is 0 Å². The molecule has 6 heteroatoms. The van der Waals surface area contributed by atoms with Crippen LogP contribution in [-0.4, -0.2) is 22.5 Å². The van der Waals surface area contributed by atoms with Crippen LogP contribution in [0.4, 0.5) is 0 Å². The fourth-order valence-corrected chi connectivity index (χ4v) is 2.68. The van der Waals surface area contributed by atoms with Crippen molar-refractivity contribution in [2.45, 2.75) is 13.5 Å². The summed E-state index contributed by atoms with van der Waals surface area (Å²) in [6, 6.07) is 11.4. The van der Waals surface area contributed by atoms with E-state index in [9.17, 15) is 4.79 Å². The first kappa shape index (κ1) is 15.6. The molecule has 3 rings (SSSR count). The minimum Gasteiger partial charge on any atom is -0.478 e. The maximum atomic E-state index is 12.3. The minimum absolute atomic E-state index is 0.163. The normalized spacial score (nSPS) is 10.7. The van der Waals surface area contributed by atoms with Gasteiger partial charge < -0.3 is 15.0 Å². The number of rotatable bonds is 5. The maximum Gasteiger partial charge on any atom is 0.267 e. The third-order valence-corrected chi connectivity index (χ3v) is 3.89. The molecule has 118 valence electrons. The van der Waals surface area contributed by atoms with Crippen LogP contribution in [0.25, 0.3) is 10.9 Å². The number of carbonyl (C=O) groups excluding carboxylic acids is 1. The van der Waals surface area contributed by atoms with Crippen LogP contribution in [0.5, 0.6) is 5.88 Å². The predicted molar refractivity (Wildman–Crippen MR) is 92.6 cm³/mol. The van der Waals surface area contributed by atoms with Gasteiger partial charge in [0.2, 0.25) is 5.88 Å². The number of fused-ring (bicyclic) bond motifs is 1. The van der Waals surface area contributed by atoms with Crippen molar-refractivity contribution in [3.05, 3.63) is 58.3 Å². The standard InChI is InChI=1S/C17H16BrN3O2/c1-2-23-17-12(4-3-7-19-17)10-20-16(22)15-8-11-5-6-13(18)9-14(11)21-15/h3-9,21H,2,10H2,1H3,(H,20,22). The van der Waals surface area contributed by atoms with Crippen LogP contribution in [0.3, 0.4) is 0 Å². The SMILES string of the molecule is CCOc1ncccc1CNC(=O)c1cc2ccc(Br)cc2[nH]1. The number of benzene rings is 1. The summed E-state index contributed by atoms with van der Waals surface area (Å²) in [5.74, 6) is 0.388. The zero-order valence-electron chi connectivity index (χ0n) is 12.6. The topological polar surface area (TPSA) is 67.0 Å². The van der Waals surface area contributed by atoms with Crippen LogP contribution in [0, 0.1) is 0 Å². The maximum absolute atomic E-state index is 12.3. The van der Waals surface area contributed by atoms with Crippen LogP contribution in [-0.2, 0) is 6.54 Å². The summed E-state index contributed by atoms with van der Waals surface area (Å²) in [7, 11) is 0. The lowest BCUT2D eigenvalue weighted by atomic mass is 10.2. The molecule has 1 amide bonds. The Balaban J connectivity index is 1.73. The van der Waals surface area contributed by atoms with Gasteiger partial charge in [-0.25, -0.2) is 4.98 Å². The Labute approximate surface area is 142 Å². The first-order valence-electron chi connectivity index (χ1n) is 7.30. The molecule has 0 unspecified atom stereocenters. The van der Waals surface area contributed by atoms with Crippen LogP contribution in [0.2, 0.25) is 0 Å². The van der Waals surface area contributed by atoms with Crippen molar-refractivity contribution in [2.24, 2.45) is 0 Å². The lowest BCUT2D eigenvalue weighted by Gasteiger charge is -2.09. The van der Waals surface area contributed by atoms with Crippen molar-refractivity contribution in [3.8, 4) is 5.88 Å². The molecule has 0 aliphatic heterocycles. The summed E-state index contributed by atoms with van der Waals surface area (Å²) in [5, 5.41) is 3.88. The molecule has 0 aliphatic carbocycles. The number of H-pyrrole nitrogens is 1. The quantitative estimate of drug-likeness (QED) is 0.717. The molecule has 0 saturated carbocycles. The Kier molecular flexibility index (Phi) is 4.62. The molecule has 2 aromatic heterocycles. The van der Waals surface area contributed by atoms with Crippen molar-refractivity contribution < 1.29 is 9.53 Å². The summed E-state index contributed by atoms with van der Waals surface area (Å²) in [4.78, 5) is 19.6. The monoisotopic (exact) mass is 373 g/mol. The van der Waals surface area contributed by atoms with Crippen molar-refractivity contribution in [2.75, 3.05) is 6.61 Å². The molecular weight excluding hydrogens is 358 g/mol. The second-order valence-electron chi connectivity index (χ2n) is 5.00. The number of halogens is 1. The second-order valence-corrected chi connectivity index (χ2v) is 5.91. The van der Waals surface area contributed by atoms with Gasteiger partial charge in [0, 0.05) is 33.7 Å². The molecule has 3 aromatic rings. The summed E-state index contributed by atoms with van der Waals surface area (Å²) in [5.41, 5.74) is 2.29. The molecule has 0 radical (unpaired) electrons. The Morgan fingerprint density at radius 2 is 2.22 bits per heavy atom. The summed E-state index contributed by atoms with van der Waals surface area (Å²) < 4.78 is 6.43. The van der Waals surface area contributed by atoms with E-state index < -0.39 is 0 Å². The highest BCUT2D eigenvalue weighted by Crippen LogP contribution is 2.20. The molecule has 0 atom stereocenters. The number of nitrogens with zero attached hydrogens (tertiary/aromatic N) is 1. The van der Waals surface area contributed by atoms with E-state index in [-0.39, 0.29) is 5.91 Å². The summed E-state index contributed by atoms with van der Waals surface area (Å²) >= 11 is 3.42. The molecule has 1 aromatic carbocycles. The number of aromatic amines is 1. The van der Waals surface area contributed by atoms with Gasteiger partial charge >= 0.3 is 0 Å². The van der Waals surface area contributed by atoms with E-state index in [0.717, 1.165) is 20.9 Å². The van der Waals surface area contributed by atoms with Gasteiger partial charge in [0.15, 0.2) is 0 Å². The number of carbonyl (C=O) groups is 1. The van der Waals surface area contributed by atoms with E-state index in [1.54, 1.807) is 6.20 Å². The second kappa shape index (κ2) is 6.83. The van der Waals surface area contributed by atoms with Crippen molar-refractivity contribution in [3.63, 3.8) is 0 Å². The number of hydrogen-bond acceptors (Lipinski definition) is 3. The molecule has 5 nitrogen and oxygen atoms in total. The average Bonchev–Trinajstić information content (AvgIpc) is 2.97. The molecule has 0 spiro atoms. The van der Waals surface area contributed by atoms with Gasteiger partial charge in [-0.1, -0.05) is 28.1 Å². The smallest absolute Gasteiger partial charge is 0.267 e. The molecule has 0 bridgehead atoms. The fraction of sp³-hybridized carbons (Fsp3) is 0.176. The van der Waals surface area contributed by atoms with Crippen LogP contribution in [0.15, 0.2) is 47.1 Å². The zero-order valence-corrected chi connectivity index (χ0v) is 14.2. The third kappa shape index (κ3) is 3.53. The zero-order chi connectivity index (χ0) is 16.2. The Hall–Kier alpha value is -2.34. The third-order valence-electron chi connectivity index (χ3n) is 3.40. The highest BCUT2D eigenvalue weighted by Gasteiger charge is 2.11. The van der Waals surface area contributed by atoms with Crippen molar-refractivity contribution >= 4 is 32.7 Å². The van der Waals surface area contributed by atoms with Crippen molar-refractivity contribution in [1.82, 2.24) is 15.3 Å². The number of ether oxygens (including phenoxy) is 1. The van der Waals surface area contributed by atoms with E-state index in [1.807, 2.05) is 43.3 Å². The first-order valence-corrected chi connectivity index (χ1v) is 8.10. The van der Waals surface area contributed by atoms with Crippen LogP contribution in [0.1, 0.15) is 23.0 Å². The predicted octanol–water partition coefficient (Wildman–Crippen LogP) is 3.65. The van der Waals surface area contributed by atoms with Gasteiger partial charge in [-0.3, -0.25) is 4.79 Å². The van der Waals surface area contributed by atoms with Crippen LogP contribution >= 0.6 is 15.9 Å². The van der Waals surface area contributed by atoms with Gasteiger partial charge in [-0.2, -0.15) is 0 Å². The Bertz CT molecular complexity index is 845. The molecule has 2 heterocycles. The Morgan fingerprint density at radius 3 is 3.04 bits per heavy atom. The molecule has 0 saturated heterocycles. The fourth-order valence-electron chi connectivity index (χ4n) is 2.32. The van der Waals surface area contributed by atoms with E-state index in [1.165, 1.54) is 0 Å². The molecule has 0 fully saturated rings. The van der Waals surface area contributed by atoms with Gasteiger partial charge in [0.25, 0.3) is 5.91 Å². The van der Waals surface area contributed by atoms with Crippen LogP contribution < -0.4 is 10.1 Å². The number of amides is 1. The van der Waals surface area contributed by atoms with Gasteiger partial charge in [-0.15, -0.1) is 0 Å². The van der Waals surface area contributed by atoms with Gasteiger partial charge in [0.1, 0.15) is 5.69 Å². The minimum atomic E-state index is -0.163. The van der Waals surface area contributed by atoms with E-state index in [4.69, 9.17) is 4.74 Å². The number of aromatic nitrogens is 2. The summed E-state index contributed by atoms with van der Waals surface area (Å²) in [6.45, 7) is 2.80. The van der Waals surface area contributed by atoms with E-state index in [0.29, 0.717) is 24.7 Å². The largest absolute Gasteiger partial charge is 0.478 e. The van der Waals surface area contributed by atoms with Gasteiger partial charge in [-0.05, 0) is 31.2 Å². The number of pyridine rings is 1. The molecule has 2 N–H and O–H groups in total. The van der Waals surface area contributed by atoms with E-state index in [2.05, 4.69) is 31.2 Å². The lowest BCUT2D eigenvalue weighted by molar-refractivity contribution is 0.0946. The Morgan fingerprint density at radius 1 is 1.35 bits per heavy atom. The van der Waals surface area contributed by atoms with Gasteiger partial charge in [0.05, 0.1) is 6.61 Å². The number of hydrogen-bond donors (Lipinski definition) is 2. The molecular formula is C17H16BrN3O2. The summed E-state index contributed by atoms with van der Waals surface area (Å²) in [6.07, 6.45) is 1.67. The lowest BCUT2D eigenvalue weighted by Crippen LogP contribution is -2.23.